The van der Waals surface area contributed by atoms with Gasteiger partial charge in [-0.2, -0.15) is 0 Å². The van der Waals surface area contributed by atoms with Gasteiger partial charge >= 0.3 is 0 Å². The lowest BCUT2D eigenvalue weighted by Crippen LogP contribution is -2.35. The summed E-state index contributed by atoms with van der Waals surface area (Å²) in [6.07, 6.45) is 4.95. The van der Waals surface area contributed by atoms with Crippen LogP contribution in [0.15, 0.2) is 42.6 Å². The number of benzene rings is 1. The maximum Gasteiger partial charge on any atom is 0.226 e. The molecule has 2 aromatic rings. The van der Waals surface area contributed by atoms with E-state index in [0.717, 1.165) is 25.0 Å². The van der Waals surface area contributed by atoms with Gasteiger partial charge in [0, 0.05) is 17.3 Å². The molecule has 2 aliphatic heterocycles. The van der Waals surface area contributed by atoms with Gasteiger partial charge in [-0.05, 0) is 49.6 Å². The van der Waals surface area contributed by atoms with Gasteiger partial charge in [0.1, 0.15) is 11.5 Å². The predicted molar refractivity (Wildman–Crippen MR) is 93.6 cm³/mol. The minimum absolute atomic E-state index is 0.0211. The highest BCUT2D eigenvalue weighted by atomic mass is 35.5. The van der Waals surface area contributed by atoms with E-state index in [1.54, 1.807) is 36.5 Å². The molecule has 6 heteroatoms. The van der Waals surface area contributed by atoms with Gasteiger partial charge in [0.2, 0.25) is 5.91 Å². The van der Waals surface area contributed by atoms with E-state index in [-0.39, 0.29) is 24.0 Å². The summed E-state index contributed by atoms with van der Waals surface area (Å²) in [6, 6.07) is 10.8. The van der Waals surface area contributed by atoms with Crippen LogP contribution in [0.2, 0.25) is 5.02 Å². The molecule has 3 heterocycles. The Morgan fingerprint density at radius 3 is 2.80 bits per heavy atom. The number of pyridine rings is 1. The molecule has 0 radical (unpaired) electrons. The van der Waals surface area contributed by atoms with Gasteiger partial charge < -0.3 is 14.8 Å². The molecule has 0 aliphatic carbocycles. The highest BCUT2D eigenvalue weighted by Gasteiger charge is 2.44. The van der Waals surface area contributed by atoms with Crippen molar-refractivity contribution in [3.63, 3.8) is 0 Å². The first-order valence-electron chi connectivity index (χ1n) is 8.49. The summed E-state index contributed by atoms with van der Waals surface area (Å²) in [5.41, 5.74) is 0.754. The highest BCUT2D eigenvalue weighted by molar-refractivity contribution is 6.30. The molecule has 3 unspecified atom stereocenters. The first-order valence-corrected chi connectivity index (χ1v) is 8.87. The highest BCUT2D eigenvalue weighted by Crippen LogP contribution is 2.38. The second kappa shape index (κ2) is 7.02. The van der Waals surface area contributed by atoms with Crippen molar-refractivity contribution in [2.24, 2.45) is 5.92 Å². The number of hydrogen-bond acceptors (Lipinski definition) is 4. The SMILES string of the molecule is O=C(NCc1cc(Oc2ccc(Cl)cc2)ccn1)C1CC2CCC1O2. The molecule has 130 valence electrons. The Labute approximate surface area is 151 Å². The summed E-state index contributed by atoms with van der Waals surface area (Å²) in [7, 11) is 0. The second-order valence-corrected chi connectivity index (χ2v) is 6.91. The molecule has 2 aliphatic rings. The number of nitrogens with one attached hydrogen (secondary N) is 1. The number of fused-ring (bicyclic) bond motifs is 2. The van der Waals surface area contributed by atoms with Gasteiger partial charge in [0.25, 0.3) is 0 Å². The molecular weight excluding hydrogens is 340 g/mol. The van der Waals surface area contributed by atoms with Crippen LogP contribution in [0.1, 0.15) is 25.0 Å². The van der Waals surface area contributed by atoms with E-state index < -0.39 is 0 Å². The Morgan fingerprint density at radius 1 is 1.24 bits per heavy atom. The maximum absolute atomic E-state index is 12.4. The van der Waals surface area contributed by atoms with E-state index in [2.05, 4.69) is 10.3 Å². The summed E-state index contributed by atoms with van der Waals surface area (Å²) < 4.78 is 11.5. The largest absolute Gasteiger partial charge is 0.457 e. The van der Waals surface area contributed by atoms with Crippen LogP contribution in [0.25, 0.3) is 0 Å². The van der Waals surface area contributed by atoms with Gasteiger partial charge in [-0.15, -0.1) is 0 Å². The summed E-state index contributed by atoms with van der Waals surface area (Å²) in [5.74, 6) is 1.40. The minimum atomic E-state index is -0.0211. The van der Waals surface area contributed by atoms with Crippen molar-refractivity contribution in [1.82, 2.24) is 10.3 Å². The molecule has 2 bridgehead atoms. The van der Waals surface area contributed by atoms with Gasteiger partial charge in [-0.25, -0.2) is 0 Å². The van der Waals surface area contributed by atoms with Crippen molar-refractivity contribution < 1.29 is 14.3 Å². The average molecular weight is 359 g/mol. The van der Waals surface area contributed by atoms with Crippen LogP contribution < -0.4 is 10.1 Å². The summed E-state index contributed by atoms with van der Waals surface area (Å²) >= 11 is 5.87. The summed E-state index contributed by atoms with van der Waals surface area (Å²) in [4.78, 5) is 16.6. The van der Waals surface area contributed by atoms with Gasteiger partial charge in [0.05, 0.1) is 30.4 Å². The quantitative estimate of drug-likeness (QED) is 0.885. The van der Waals surface area contributed by atoms with Gasteiger partial charge in [-0.3, -0.25) is 9.78 Å². The van der Waals surface area contributed by atoms with Crippen LogP contribution in [0.5, 0.6) is 11.5 Å². The van der Waals surface area contributed by atoms with Crippen molar-refractivity contribution in [3.05, 3.63) is 53.3 Å². The number of carbonyl (C=O) groups excluding carboxylic acids is 1. The number of aromatic nitrogens is 1. The molecule has 0 spiro atoms. The standard InChI is InChI=1S/C19H19ClN2O3/c20-12-1-3-14(4-2-12)24-16-7-8-21-13(9-16)11-22-19(23)17-10-15-5-6-18(17)25-15/h1-4,7-9,15,17-18H,5-6,10-11H2,(H,22,23). The predicted octanol–water partition coefficient (Wildman–Crippen LogP) is 3.71. The van der Waals surface area contributed by atoms with Crippen LogP contribution in [-0.2, 0) is 16.1 Å². The molecule has 1 aromatic heterocycles. The van der Waals surface area contributed by atoms with E-state index in [0.29, 0.717) is 23.1 Å². The number of rotatable bonds is 5. The number of nitrogens with zero attached hydrogens (tertiary/aromatic N) is 1. The summed E-state index contributed by atoms with van der Waals surface area (Å²) in [5, 5.41) is 3.63. The molecule has 25 heavy (non-hydrogen) atoms. The van der Waals surface area contributed by atoms with Crippen molar-refractivity contribution in [2.75, 3.05) is 0 Å². The second-order valence-electron chi connectivity index (χ2n) is 6.47. The third-order valence-corrected chi connectivity index (χ3v) is 4.98. The molecule has 3 atom stereocenters. The zero-order valence-electron chi connectivity index (χ0n) is 13.7. The lowest BCUT2D eigenvalue weighted by molar-refractivity contribution is -0.126. The first kappa shape index (κ1) is 16.4. The van der Waals surface area contributed by atoms with Crippen LogP contribution in [-0.4, -0.2) is 23.1 Å². The number of ether oxygens (including phenoxy) is 2. The maximum atomic E-state index is 12.4. The Hall–Kier alpha value is -2.11. The fourth-order valence-electron chi connectivity index (χ4n) is 3.48. The third-order valence-electron chi connectivity index (χ3n) is 4.72. The molecule has 2 fully saturated rings. The first-order chi connectivity index (χ1) is 12.2. The minimum Gasteiger partial charge on any atom is -0.457 e. The van der Waals surface area contributed by atoms with E-state index in [4.69, 9.17) is 21.1 Å². The average Bonchev–Trinajstić information content (AvgIpc) is 3.25. The number of carbonyl (C=O) groups is 1. The molecule has 5 nitrogen and oxygen atoms in total. The smallest absolute Gasteiger partial charge is 0.226 e. The van der Waals surface area contributed by atoms with Gasteiger partial charge in [0.15, 0.2) is 0 Å². The molecular formula is C19H19ClN2O3. The zero-order valence-corrected chi connectivity index (χ0v) is 14.4. The Balaban J connectivity index is 1.35. The fourth-order valence-corrected chi connectivity index (χ4v) is 3.60. The monoisotopic (exact) mass is 358 g/mol. The Morgan fingerprint density at radius 2 is 2.08 bits per heavy atom. The number of amides is 1. The van der Waals surface area contributed by atoms with E-state index in [9.17, 15) is 4.79 Å². The van der Waals surface area contributed by atoms with Crippen LogP contribution in [0.3, 0.4) is 0 Å². The van der Waals surface area contributed by atoms with Crippen LogP contribution >= 0.6 is 11.6 Å². The normalized spacial score (nSPS) is 24.3. The topological polar surface area (TPSA) is 60.5 Å². The molecule has 4 rings (SSSR count). The van der Waals surface area contributed by atoms with Crippen LogP contribution in [0.4, 0.5) is 0 Å². The van der Waals surface area contributed by atoms with E-state index in [1.165, 1.54) is 0 Å². The molecule has 0 saturated carbocycles. The molecule has 2 saturated heterocycles. The lowest BCUT2D eigenvalue weighted by atomic mass is 9.88. The zero-order chi connectivity index (χ0) is 17.2. The van der Waals surface area contributed by atoms with Crippen molar-refractivity contribution in [1.29, 1.82) is 0 Å². The van der Waals surface area contributed by atoms with Gasteiger partial charge in [-0.1, -0.05) is 11.6 Å². The van der Waals surface area contributed by atoms with Crippen molar-refractivity contribution in [3.8, 4) is 11.5 Å². The number of hydrogen-bond donors (Lipinski definition) is 1. The molecule has 1 amide bonds. The number of halogens is 1. The molecule has 1 aromatic carbocycles. The molecule has 1 N–H and O–H groups in total. The third kappa shape index (κ3) is 3.78. The fraction of sp³-hybridized carbons (Fsp3) is 0.368. The Kier molecular flexibility index (Phi) is 4.59. The lowest BCUT2D eigenvalue weighted by Gasteiger charge is -2.17. The summed E-state index contributed by atoms with van der Waals surface area (Å²) in [6.45, 7) is 0.380. The Bertz CT molecular complexity index is 766. The van der Waals surface area contributed by atoms with Crippen LogP contribution in [0, 0.1) is 5.92 Å². The van der Waals surface area contributed by atoms with E-state index >= 15 is 0 Å². The van der Waals surface area contributed by atoms with E-state index in [1.807, 2.05) is 6.07 Å². The van der Waals surface area contributed by atoms with Crippen molar-refractivity contribution in [2.45, 2.75) is 38.0 Å². The van der Waals surface area contributed by atoms with Crippen molar-refractivity contribution >= 4 is 17.5 Å².